The Morgan fingerprint density at radius 2 is 2.09 bits per heavy atom. The van der Waals surface area contributed by atoms with E-state index >= 15 is 0 Å². The summed E-state index contributed by atoms with van der Waals surface area (Å²) in [5, 5.41) is 12.8. The van der Waals surface area contributed by atoms with Gasteiger partial charge in [-0.2, -0.15) is 5.26 Å². The van der Waals surface area contributed by atoms with Gasteiger partial charge in [0, 0.05) is 25.0 Å². The van der Waals surface area contributed by atoms with E-state index in [1.807, 2.05) is 37.3 Å². The number of ether oxygens (including phenoxy) is 1. The zero-order chi connectivity index (χ0) is 15.5. The highest BCUT2D eigenvalue weighted by Gasteiger charge is 2.38. The molecule has 0 saturated carbocycles. The minimum Gasteiger partial charge on any atom is -0.444 e. The van der Waals surface area contributed by atoms with Gasteiger partial charge >= 0.3 is 0 Å². The molecule has 1 unspecified atom stereocenters. The zero-order valence-corrected chi connectivity index (χ0v) is 12.6. The molecule has 1 heterocycles. The van der Waals surface area contributed by atoms with Gasteiger partial charge in [-0.1, -0.05) is 30.3 Å². The predicted molar refractivity (Wildman–Crippen MR) is 82.5 cm³/mol. The number of hydrogen-bond acceptors (Lipinski definition) is 4. The number of nitrogens with one attached hydrogen (secondary N) is 1. The van der Waals surface area contributed by atoms with Crippen LogP contribution in [0, 0.1) is 11.3 Å². The van der Waals surface area contributed by atoms with Crippen molar-refractivity contribution in [3.05, 3.63) is 58.7 Å². The predicted octanol–water partition coefficient (Wildman–Crippen LogP) is 3.15. The number of nitrogens with zero attached hydrogens (tertiary/aromatic N) is 1. The fourth-order valence-electron chi connectivity index (χ4n) is 3.10. The lowest BCUT2D eigenvalue weighted by Gasteiger charge is -2.32. The second-order valence-electron chi connectivity index (χ2n) is 5.44. The Labute approximate surface area is 130 Å². The minimum atomic E-state index is -0.322. The van der Waals surface area contributed by atoms with Gasteiger partial charge in [-0.05, 0) is 18.9 Å². The normalized spacial score (nSPS) is 21.1. The van der Waals surface area contributed by atoms with Crippen LogP contribution in [0.2, 0.25) is 0 Å². The first-order chi connectivity index (χ1) is 10.8. The average Bonchev–Trinajstić information content (AvgIpc) is 2.55. The number of carbonyl (C=O) groups excluding carboxylic acids is 1. The molecule has 0 radical (unpaired) electrons. The lowest BCUT2D eigenvalue weighted by molar-refractivity contribution is -0.116. The second kappa shape index (κ2) is 6.07. The molecule has 1 aromatic carbocycles. The van der Waals surface area contributed by atoms with Crippen LogP contribution in [0.1, 0.15) is 37.7 Å². The van der Waals surface area contributed by atoms with E-state index in [0.717, 1.165) is 24.2 Å². The van der Waals surface area contributed by atoms with Crippen LogP contribution in [0.15, 0.2) is 53.1 Å². The molecule has 1 N–H and O–H groups in total. The third-order valence-corrected chi connectivity index (χ3v) is 4.05. The minimum absolute atomic E-state index is 0.0957. The van der Waals surface area contributed by atoms with Crippen LogP contribution in [-0.2, 0) is 9.53 Å². The second-order valence-corrected chi connectivity index (χ2v) is 5.44. The summed E-state index contributed by atoms with van der Waals surface area (Å²) in [6.07, 6.45) is 2.08. The van der Waals surface area contributed by atoms with Crippen LogP contribution >= 0.6 is 0 Å². The van der Waals surface area contributed by atoms with Crippen molar-refractivity contribution in [3.63, 3.8) is 0 Å². The Hall–Kier alpha value is -2.54. The van der Waals surface area contributed by atoms with Crippen molar-refractivity contribution in [2.24, 2.45) is 0 Å². The average molecular weight is 294 g/mol. The molecule has 0 aromatic heterocycles. The lowest BCUT2D eigenvalue weighted by Crippen LogP contribution is -2.29. The number of allylic oxidation sites excluding steroid dienone is 3. The fourth-order valence-corrected chi connectivity index (χ4v) is 3.10. The summed E-state index contributed by atoms with van der Waals surface area (Å²) in [4.78, 5) is 12.4. The van der Waals surface area contributed by atoms with Gasteiger partial charge in [0.2, 0.25) is 5.88 Å². The third kappa shape index (κ3) is 2.39. The van der Waals surface area contributed by atoms with E-state index in [0.29, 0.717) is 30.0 Å². The maximum atomic E-state index is 12.4. The summed E-state index contributed by atoms with van der Waals surface area (Å²) in [7, 11) is 0. The van der Waals surface area contributed by atoms with E-state index in [1.165, 1.54) is 0 Å². The molecule has 1 atom stereocenters. The van der Waals surface area contributed by atoms with E-state index in [1.54, 1.807) is 0 Å². The number of benzene rings is 1. The molecular weight excluding hydrogens is 276 g/mol. The first kappa shape index (κ1) is 14.4. The van der Waals surface area contributed by atoms with E-state index in [9.17, 15) is 10.1 Å². The van der Waals surface area contributed by atoms with Gasteiger partial charge in [-0.3, -0.25) is 4.79 Å². The van der Waals surface area contributed by atoms with Gasteiger partial charge < -0.3 is 10.1 Å². The molecule has 2 aliphatic rings. The fraction of sp³-hybridized carbons (Fsp3) is 0.333. The summed E-state index contributed by atoms with van der Waals surface area (Å²) in [5.41, 5.74) is 2.11. The van der Waals surface area contributed by atoms with Gasteiger partial charge in [0.15, 0.2) is 5.78 Å². The van der Waals surface area contributed by atoms with Crippen molar-refractivity contribution in [2.45, 2.75) is 32.1 Å². The zero-order valence-electron chi connectivity index (χ0n) is 12.6. The number of nitriles is 1. The topological polar surface area (TPSA) is 62.1 Å². The summed E-state index contributed by atoms with van der Waals surface area (Å²) < 4.78 is 5.86. The van der Waals surface area contributed by atoms with Gasteiger partial charge in [-0.15, -0.1) is 0 Å². The maximum absolute atomic E-state index is 12.4. The smallest absolute Gasteiger partial charge is 0.207 e. The molecule has 0 spiro atoms. The Morgan fingerprint density at radius 1 is 1.32 bits per heavy atom. The van der Waals surface area contributed by atoms with Gasteiger partial charge in [0.1, 0.15) is 17.4 Å². The van der Waals surface area contributed by atoms with E-state index in [4.69, 9.17) is 4.74 Å². The standard InChI is InChI=1S/C18H18N2O2/c1-2-20-18-13(11-19)16(12-7-4-3-5-8-12)17-14(21)9-6-10-15(17)22-18/h3-5,7-8,16,20H,2,6,9-10H2,1H3. The van der Waals surface area contributed by atoms with Crippen LogP contribution in [0.5, 0.6) is 0 Å². The molecular formula is C18H18N2O2. The quantitative estimate of drug-likeness (QED) is 0.930. The molecule has 1 aliphatic carbocycles. The SMILES string of the molecule is CCNC1=C(C#N)C(c2ccccc2)C2=C(CCCC2=O)O1. The van der Waals surface area contributed by atoms with Crippen LogP contribution in [0.3, 0.4) is 0 Å². The van der Waals surface area contributed by atoms with Gasteiger partial charge in [0.25, 0.3) is 0 Å². The Morgan fingerprint density at radius 3 is 2.77 bits per heavy atom. The molecule has 1 aromatic rings. The van der Waals surface area contributed by atoms with Crippen LogP contribution in [-0.4, -0.2) is 12.3 Å². The Kier molecular flexibility index (Phi) is 3.97. The van der Waals surface area contributed by atoms with Crippen molar-refractivity contribution in [3.8, 4) is 6.07 Å². The molecule has 4 nitrogen and oxygen atoms in total. The van der Waals surface area contributed by atoms with E-state index < -0.39 is 0 Å². The molecule has 112 valence electrons. The van der Waals surface area contributed by atoms with Gasteiger partial charge in [0.05, 0.1) is 5.92 Å². The van der Waals surface area contributed by atoms with Crippen molar-refractivity contribution < 1.29 is 9.53 Å². The summed E-state index contributed by atoms with van der Waals surface area (Å²) in [5.74, 6) is 0.988. The third-order valence-electron chi connectivity index (χ3n) is 4.05. The number of rotatable bonds is 3. The highest BCUT2D eigenvalue weighted by molar-refractivity contribution is 5.99. The van der Waals surface area contributed by atoms with Crippen molar-refractivity contribution in [1.82, 2.24) is 5.32 Å². The Bertz CT molecular complexity index is 696. The molecule has 22 heavy (non-hydrogen) atoms. The number of hydrogen-bond donors (Lipinski definition) is 1. The van der Waals surface area contributed by atoms with Gasteiger partial charge in [-0.25, -0.2) is 0 Å². The first-order valence-corrected chi connectivity index (χ1v) is 7.63. The molecule has 1 aliphatic heterocycles. The summed E-state index contributed by atoms with van der Waals surface area (Å²) in [6.45, 7) is 2.62. The van der Waals surface area contributed by atoms with Crippen molar-refractivity contribution in [2.75, 3.05) is 6.54 Å². The van der Waals surface area contributed by atoms with Crippen LogP contribution in [0.25, 0.3) is 0 Å². The number of ketones is 1. The van der Waals surface area contributed by atoms with Crippen LogP contribution < -0.4 is 5.32 Å². The largest absolute Gasteiger partial charge is 0.444 e. The van der Waals surface area contributed by atoms with Crippen molar-refractivity contribution >= 4 is 5.78 Å². The van der Waals surface area contributed by atoms with E-state index in [2.05, 4.69) is 11.4 Å². The van der Waals surface area contributed by atoms with Crippen molar-refractivity contribution in [1.29, 1.82) is 5.26 Å². The number of Topliss-reactive ketones (excluding diaryl/α,β-unsaturated/α-hetero) is 1. The Balaban J connectivity index is 2.16. The molecule has 0 saturated heterocycles. The molecule has 3 rings (SSSR count). The highest BCUT2D eigenvalue weighted by Crippen LogP contribution is 2.43. The molecule has 0 fully saturated rings. The highest BCUT2D eigenvalue weighted by atomic mass is 16.5. The lowest BCUT2D eigenvalue weighted by atomic mass is 9.77. The molecule has 4 heteroatoms. The summed E-state index contributed by atoms with van der Waals surface area (Å²) >= 11 is 0. The molecule has 0 amide bonds. The molecule has 0 bridgehead atoms. The van der Waals surface area contributed by atoms with Crippen LogP contribution in [0.4, 0.5) is 0 Å². The number of carbonyl (C=O) groups is 1. The maximum Gasteiger partial charge on any atom is 0.207 e. The first-order valence-electron chi connectivity index (χ1n) is 7.63. The summed E-state index contributed by atoms with van der Waals surface area (Å²) in [6, 6.07) is 12.0. The van der Waals surface area contributed by atoms with E-state index in [-0.39, 0.29) is 11.7 Å². The monoisotopic (exact) mass is 294 g/mol.